The molecule has 1 heterocycles. The van der Waals surface area contributed by atoms with Crippen LogP contribution in [0.1, 0.15) is 33.3 Å². The molecule has 0 saturated carbocycles. The van der Waals surface area contributed by atoms with Crippen LogP contribution in [0.25, 0.3) is 0 Å². The van der Waals surface area contributed by atoms with Gasteiger partial charge in [0.05, 0.1) is 0 Å². The van der Waals surface area contributed by atoms with Crippen LogP contribution < -0.4 is 5.32 Å². The van der Waals surface area contributed by atoms with Crippen LogP contribution in [0.5, 0.6) is 0 Å². The van der Waals surface area contributed by atoms with Gasteiger partial charge in [-0.2, -0.15) is 0 Å². The zero-order valence-electron chi connectivity index (χ0n) is 13.3. The van der Waals surface area contributed by atoms with Gasteiger partial charge in [0.1, 0.15) is 11.6 Å². The highest BCUT2D eigenvalue weighted by molar-refractivity contribution is 5.82. The van der Waals surface area contributed by atoms with Crippen molar-refractivity contribution in [2.45, 2.75) is 39.8 Å². The summed E-state index contributed by atoms with van der Waals surface area (Å²) < 4.78 is 26.8. The minimum Gasteiger partial charge on any atom is -0.352 e. The number of aliphatic imine (C=N–C) groups is 1. The average molecular weight is 295 g/mol. The van der Waals surface area contributed by atoms with Crippen LogP contribution >= 0.6 is 0 Å². The van der Waals surface area contributed by atoms with E-state index in [0.29, 0.717) is 11.5 Å². The molecule has 0 aliphatic carbocycles. The summed E-state index contributed by atoms with van der Waals surface area (Å²) in [5.41, 5.74) is 0.457. The number of halogens is 2. The predicted octanol–water partition coefficient (Wildman–Crippen LogP) is 3.16. The van der Waals surface area contributed by atoms with Gasteiger partial charge in [0, 0.05) is 36.7 Å². The van der Waals surface area contributed by atoms with Gasteiger partial charge in [-0.05, 0) is 32.0 Å². The Bertz CT molecular complexity index is 565. The van der Waals surface area contributed by atoms with E-state index in [-0.39, 0.29) is 17.5 Å². The standard InChI is InChI=1S/C16H23F2N3/c1-15(2)10-21(16(15,3)4)14(19-5)20-9-11-8-12(17)6-7-13(11)18/h6-8H,9-10H2,1-5H3,(H,19,20). The van der Waals surface area contributed by atoms with Gasteiger partial charge in [-0.3, -0.25) is 4.99 Å². The molecule has 0 amide bonds. The molecular formula is C16H23F2N3. The molecular weight excluding hydrogens is 272 g/mol. The third-order valence-corrected chi connectivity index (χ3v) is 4.80. The number of hydrogen-bond acceptors (Lipinski definition) is 1. The second kappa shape index (κ2) is 5.28. The second-order valence-corrected chi connectivity index (χ2v) is 6.67. The van der Waals surface area contributed by atoms with Gasteiger partial charge in [-0.1, -0.05) is 13.8 Å². The molecule has 1 aromatic rings. The van der Waals surface area contributed by atoms with Crippen molar-refractivity contribution in [2.75, 3.05) is 13.6 Å². The summed E-state index contributed by atoms with van der Waals surface area (Å²) in [5, 5.41) is 3.12. The van der Waals surface area contributed by atoms with E-state index >= 15 is 0 Å². The number of nitrogens with one attached hydrogen (secondary N) is 1. The molecule has 0 atom stereocenters. The van der Waals surface area contributed by atoms with E-state index in [2.05, 4.69) is 42.9 Å². The Morgan fingerprint density at radius 2 is 1.95 bits per heavy atom. The van der Waals surface area contributed by atoms with Crippen molar-refractivity contribution in [3.8, 4) is 0 Å². The molecule has 0 unspecified atom stereocenters. The molecule has 1 aliphatic heterocycles. The maximum Gasteiger partial charge on any atom is 0.194 e. The molecule has 0 bridgehead atoms. The maximum atomic E-state index is 13.6. The molecule has 2 rings (SSSR count). The first-order chi connectivity index (χ1) is 9.69. The Morgan fingerprint density at radius 1 is 1.29 bits per heavy atom. The van der Waals surface area contributed by atoms with Gasteiger partial charge in [0.25, 0.3) is 0 Å². The lowest BCUT2D eigenvalue weighted by molar-refractivity contribution is -0.0668. The molecule has 1 aromatic carbocycles. The van der Waals surface area contributed by atoms with E-state index in [1.54, 1.807) is 7.05 Å². The minimum atomic E-state index is -0.436. The lowest BCUT2D eigenvalue weighted by Gasteiger charge is -2.62. The summed E-state index contributed by atoms with van der Waals surface area (Å²) in [7, 11) is 1.70. The highest BCUT2D eigenvalue weighted by Crippen LogP contribution is 2.46. The Kier molecular flexibility index (Phi) is 3.95. The summed E-state index contributed by atoms with van der Waals surface area (Å²) >= 11 is 0. The van der Waals surface area contributed by atoms with Crippen LogP contribution in [0.2, 0.25) is 0 Å². The maximum absolute atomic E-state index is 13.6. The molecule has 1 N–H and O–H groups in total. The van der Waals surface area contributed by atoms with E-state index < -0.39 is 11.6 Å². The fourth-order valence-electron chi connectivity index (χ4n) is 2.55. The summed E-state index contributed by atoms with van der Waals surface area (Å²) in [6.07, 6.45) is 0. The molecule has 3 nitrogen and oxygen atoms in total. The first kappa shape index (κ1) is 15.7. The Balaban J connectivity index is 2.07. The fraction of sp³-hybridized carbons (Fsp3) is 0.562. The third kappa shape index (κ3) is 2.74. The highest BCUT2D eigenvalue weighted by atomic mass is 19.1. The quantitative estimate of drug-likeness (QED) is 0.670. The zero-order chi connectivity index (χ0) is 15.8. The normalized spacial score (nSPS) is 20.1. The summed E-state index contributed by atoms with van der Waals surface area (Å²) in [4.78, 5) is 6.41. The Labute approximate surface area is 125 Å². The predicted molar refractivity (Wildman–Crippen MR) is 81.1 cm³/mol. The van der Waals surface area contributed by atoms with Crippen molar-refractivity contribution in [3.63, 3.8) is 0 Å². The highest BCUT2D eigenvalue weighted by Gasteiger charge is 2.53. The van der Waals surface area contributed by atoms with Crippen LogP contribution in [0.4, 0.5) is 8.78 Å². The van der Waals surface area contributed by atoms with E-state index in [1.165, 1.54) is 6.07 Å². The van der Waals surface area contributed by atoms with Gasteiger partial charge < -0.3 is 10.2 Å². The van der Waals surface area contributed by atoms with Gasteiger partial charge in [0.2, 0.25) is 0 Å². The van der Waals surface area contributed by atoms with E-state index in [0.717, 1.165) is 18.7 Å². The summed E-state index contributed by atoms with van der Waals surface area (Å²) in [5.74, 6) is -0.140. The number of guanidine groups is 1. The number of hydrogen-bond donors (Lipinski definition) is 1. The third-order valence-electron chi connectivity index (χ3n) is 4.80. The molecule has 0 aromatic heterocycles. The average Bonchev–Trinajstić information content (AvgIpc) is 2.41. The van der Waals surface area contributed by atoms with Crippen molar-refractivity contribution < 1.29 is 8.78 Å². The molecule has 0 radical (unpaired) electrons. The van der Waals surface area contributed by atoms with Crippen LogP contribution in [0, 0.1) is 17.0 Å². The molecule has 21 heavy (non-hydrogen) atoms. The van der Waals surface area contributed by atoms with Crippen molar-refractivity contribution >= 4 is 5.96 Å². The SMILES string of the molecule is CN=C(NCc1cc(F)ccc1F)N1CC(C)(C)C1(C)C. The number of benzene rings is 1. The van der Waals surface area contributed by atoms with Gasteiger partial charge in [0.15, 0.2) is 5.96 Å². The van der Waals surface area contributed by atoms with Crippen molar-refractivity contribution in [1.82, 2.24) is 10.2 Å². The Morgan fingerprint density at radius 3 is 2.48 bits per heavy atom. The summed E-state index contributed by atoms with van der Waals surface area (Å²) in [6.45, 7) is 9.83. The lowest BCUT2D eigenvalue weighted by Crippen LogP contribution is -2.72. The largest absolute Gasteiger partial charge is 0.352 e. The van der Waals surface area contributed by atoms with Crippen LogP contribution in [-0.2, 0) is 6.54 Å². The Hall–Kier alpha value is -1.65. The molecule has 1 fully saturated rings. The molecule has 0 spiro atoms. The van der Waals surface area contributed by atoms with Crippen molar-refractivity contribution in [2.24, 2.45) is 10.4 Å². The smallest absolute Gasteiger partial charge is 0.194 e. The van der Waals surface area contributed by atoms with Crippen LogP contribution in [0.3, 0.4) is 0 Å². The van der Waals surface area contributed by atoms with Crippen molar-refractivity contribution in [3.05, 3.63) is 35.4 Å². The topological polar surface area (TPSA) is 27.6 Å². The van der Waals surface area contributed by atoms with E-state index in [9.17, 15) is 8.78 Å². The van der Waals surface area contributed by atoms with E-state index in [1.807, 2.05) is 0 Å². The molecule has 116 valence electrons. The van der Waals surface area contributed by atoms with Gasteiger partial charge in [-0.15, -0.1) is 0 Å². The van der Waals surface area contributed by atoms with Crippen molar-refractivity contribution in [1.29, 1.82) is 0 Å². The first-order valence-corrected chi connectivity index (χ1v) is 7.11. The number of nitrogens with zero attached hydrogens (tertiary/aromatic N) is 2. The number of likely N-dealkylation sites (tertiary alicyclic amines) is 1. The van der Waals surface area contributed by atoms with Gasteiger partial charge in [-0.25, -0.2) is 8.78 Å². The van der Waals surface area contributed by atoms with Crippen LogP contribution in [0.15, 0.2) is 23.2 Å². The van der Waals surface area contributed by atoms with Crippen LogP contribution in [-0.4, -0.2) is 30.0 Å². The molecule has 5 heteroatoms. The summed E-state index contributed by atoms with van der Waals surface area (Å²) in [6, 6.07) is 3.47. The molecule has 1 saturated heterocycles. The monoisotopic (exact) mass is 295 g/mol. The minimum absolute atomic E-state index is 0.0324. The lowest BCUT2D eigenvalue weighted by atomic mass is 9.65. The fourth-order valence-corrected chi connectivity index (χ4v) is 2.55. The second-order valence-electron chi connectivity index (χ2n) is 6.67. The van der Waals surface area contributed by atoms with Gasteiger partial charge >= 0.3 is 0 Å². The number of rotatable bonds is 2. The van der Waals surface area contributed by atoms with E-state index in [4.69, 9.17) is 0 Å². The first-order valence-electron chi connectivity index (χ1n) is 7.11. The molecule has 1 aliphatic rings. The zero-order valence-corrected chi connectivity index (χ0v) is 13.3.